The molecule has 1 atom stereocenters. The van der Waals surface area contributed by atoms with E-state index in [9.17, 15) is 14.7 Å². The normalized spacial score (nSPS) is 14.3. The molecule has 0 rings (SSSR count). The van der Waals surface area contributed by atoms with Gasteiger partial charge in [-0.3, -0.25) is 9.69 Å². The largest absolute Gasteiger partial charge is 0.544 e. The number of carboxylic acids is 2. The second kappa shape index (κ2) is 8.08. The summed E-state index contributed by atoms with van der Waals surface area (Å²) in [7, 11) is 8.77. The van der Waals surface area contributed by atoms with Crippen molar-refractivity contribution in [3.05, 3.63) is 0 Å². The molecule has 0 saturated heterocycles. The number of aliphatic hydroxyl groups excluding tert-OH is 1. The summed E-state index contributed by atoms with van der Waals surface area (Å²) in [5.41, 5.74) is -0.950. The van der Waals surface area contributed by atoms with Crippen molar-refractivity contribution in [2.45, 2.75) is 18.9 Å². The lowest BCUT2D eigenvalue weighted by Gasteiger charge is -2.31. The van der Waals surface area contributed by atoms with Gasteiger partial charge in [0.25, 0.3) is 0 Å². The third-order valence-electron chi connectivity index (χ3n) is 2.65. The first-order valence-electron chi connectivity index (χ1n) is 5.89. The number of aliphatic carboxylic acids is 2. The van der Waals surface area contributed by atoms with E-state index >= 15 is 0 Å². The zero-order chi connectivity index (χ0) is 15.9. The highest BCUT2D eigenvalue weighted by molar-refractivity contribution is 5.78. The van der Waals surface area contributed by atoms with E-state index in [0.717, 1.165) is 0 Å². The van der Waals surface area contributed by atoms with E-state index in [-0.39, 0.29) is 19.6 Å². The summed E-state index contributed by atoms with van der Waals surface area (Å²) in [5.74, 6) is -1.91. The molecular weight excluding hydrogens is 252 g/mol. The molecule has 7 nitrogen and oxygen atoms in total. The van der Waals surface area contributed by atoms with Gasteiger partial charge in [0.05, 0.1) is 27.1 Å². The number of carboxylic acid groups (broad SMARTS) is 2. The van der Waals surface area contributed by atoms with Gasteiger partial charge in [-0.1, -0.05) is 0 Å². The summed E-state index contributed by atoms with van der Waals surface area (Å²) < 4.78 is 0.419. The number of hydrogen-bond donors (Lipinski definition) is 2. The van der Waals surface area contributed by atoms with Crippen LogP contribution in [0.4, 0.5) is 0 Å². The Morgan fingerprint density at radius 2 is 1.68 bits per heavy atom. The lowest BCUT2D eigenvalue weighted by atomic mass is 9.97. The summed E-state index contributed by atoms with van der Waals surface area (Å²) in [6.07, 6.45) is 0.245. The molecule has 0 fully saturated rings. The molecule has 0 radical (unpaired) electrons. The van der Waals surface area contributed by atoms with Gasteiger partial charge in [0.1, 0.15) is 12.1 Å². The van der Waals surface area contributed by atoms with Crippen LogP contribution in [0.5, 0.6) is 0 Å². The fourth-order valence-electron chi connectivity index (χ4n) is 1.13. The van der Waals surface area contributed by atoms with Crippen molar-refractivity contribution in [2.75, 3.05) is 48.4 Å². The topological polar surface area (TPSA) is 101 Å². The zero-order valence-electron chi connectivity index (χ0n) is 12.6. The van der Waals surface area contributed by atoms with Gasteiger partial charge < -0.3 is 24.6 Å². The molecule has 2 N–H and O–H groups in total. The summed E-state index contributed by atoms with van der Waals surface area (Å²) in [4.78, 5) is 22.2. The smallest absolute Gasteiger partial charge is 0.323 e. The third kappa shape index (κ3) is 9.40. The second-order valence-electron chi connectivity index (χ2n) is 5.77. The molecule has 1 unspecified atom stereocenters. The van der Waals surface area contributed by atoms with Gasteiger partial charge in [-0.25, -0.2) is 0 Å². The molecule has 0 aliphatic heterocycles. The molecule has 0 aromatic heterocycles. The molecular formula is C12H26N2O5. The molecule has 7 heteroatoms. The molecule has 0 saturated carbocycles. The first kappa shape index (κ1) is 20.1. The van der Waals surface area contributed by atoms with Crippen LogP contribution in [0.3, 0.4) is 0 Å². The lowest BCUT2D eigenvalue weighted by Crippen LogP contribution is -2.49. The number of nitrogens with zero attached hydrogens (tertiary/aromatic N) is 2. The average molecular weight is 278 g/mol. The fourth-order valence-corrected chi connectivity index (χ4v) is 1.13. The maximum Gasteiger partial charge on any atom is 0.323 e. The molecule has 0 bridgehead atoms. The average Bonchev–Trinajstić information content (AvgIpc) is 2.13. The maximum atomic E-state index is 10.7. The van der Waals surface area contributed by atoms with Crippen LogP contribution in [0, 0.1) is 0 Å². The van der Waals surface area contributed by atoms with Crippen molar-refractivity contribution in [3.63, 3.8) is 0 Å². The molecule has 0 aliphatic carbocycles. The van der Waals surface area contributed by atoms with Gasteiger partial charge in [-0.05, 0) is 27.4 Å². The SMILES string of the molecule is CN(C)C(C)(CCO)C(=O)O.C[N+](C)(C)CC(=O)[O-]. The molecule has 0 aromatic carbocycles. The van der Waals surface area contributed by atoms with Gasteiger partial charge in [0.15, 0.2) is 0 Å². The highest BCUT2D eigenvalue weighted by Gasteiger charge is 2.34. The molecule has 0 amide bonds. The van der Waals surface area contributed by atoms with Crippen LogP contribution >= 0.6 is 0 Å². The van der Waals surface area contributed by atoms with Gasteiger partial charge in [0.2, 0.25) is 0 Å². The van der Waals surface area contributed by atoms with E-state index in [4.69, 9.17) is 10.2 Å². The number of likely N-dealkylation sites (N-methyl/N-ethyl adjacent to an activating group) is 2. The Hall–Kier alpha value is -1.18. The Labute approximate surface area is 114 Å². The highest BCUT2D eigenvalue weighted by atomic mass is 16.4. The van der Waals surface area contributed by atoms with E-state index in [0.29, 0.717) is 4.48 Å². The van der Waals surface area contributed by atoms with Crippen LogP contribution < -0.4 is 5.11 Å². The summed E-state index contributed by atoms with van der Waals surface area (Å²) in [6.45, 7) is 1.55. The van der Waals surface area contributed by atoms with Crippen LogP contribution in [-0.2, 0) is 9.59 Å². The predicted molar refractivity (Wildman–Crippen MR) is 69.3 cm³/mol. The van der Waals surface area contributed by atoms with E-state index in [1.807, 2.05) is 0 Å². The Kier molecular flexibility index (Phi) is 8.57. The fraction of sp³-hybridized carbons (Fsp3) is 0.833. The molecule has 114 valence electrons. The molecule has 19 heavy (non-hydrogen) atoms. The highest BCUT2D eigenvalue weighted by Crippen LogP contribution is 2.15. The monoisotopic (exact) mass is 278 g/mol. The standard InChI is InChI=1S/C7H15NO3.C5H11NO2/c1-7(4-5-9,6(10)11)8(2)3;1-6(2,3)4-5(7)8/h9H,4-5H2,1-3H3,(H,10,11);4H2,1-3H3. The number of rotatable bonds is 6. The van der Waals surface area contributed by atoms with Crippen molar-refractivity contribution in [1.29, 1.82) is 0 Å². The third-order valence-corrected chi connectivity index (χ3v) is 2.65. The van der Waals surface area contributed by atoms with Crippen molar-refractivity contribution in [1.82, 2.24) is 4.90 Å². The van der Waals surface area contributed by atoms with Gasteiger partial charge >= 0.3 is 5.97 Å². The first-order valence-corrected chi connectivity index (χ1v) is 5.89. The number of carbonyl (C=O) groups excluding carboxylic acids is 1. The molecule has 0 heterocycles. The Balaban J connectivity index is 0. The summed E-state index contributed by atoms with van der Waals surface area (Å²) in [5, 5.41) is 27.3. The van der Waals surface area contributed by atoms with E-state index in [2.05, 4.69) is 0 Å². The molecule has 0 aromatic rings. The van der Waals surface area contributed by atoms with E-state index in [1.165, 1.54) is 0 Å². The minimum Gasteiger partial charge on any atom is -0.544 e. The minimum atomic E-state index is -1.00. The van der Waals surface area contributed by atoms with Crippen molar-refractivity contribution in [3.8, 4) is 0 Å². The molecule has 0 aliphatic rings. The Bertz CT molecular complexity index is 299. The number of aliphatic hydroxyl groups is 1. The van der Waals surface area contributed by atoms with Crippen molar-refractivity contribution < 1.29 is 29.4 Å². The maximum absolute atomic E-state index is 10.7. The van der Waals surface area contributed by atoms with Crippen molar-refractivity contribution in [2.24, 2.45) is 0 Å². The van der Waals surface area contributed by atoms with Crippen molar-refractivity contribution >= 4 is 11.9 Å². The number of quaternary nitrogens is 1. The predicted octanol–water partition coefficient (Wildman–Crippen LogP) is -1.78. The van der Waals surface area contributed by atoms with Crippen LogP contribution in [0.25, 0.3) is 0 Å². The minimum absolute atomic E-state index is 0.0694. The van der Waals surface area contributed by atoms with Crippen LogP contribution in [0.2, 0.25) is 0 Å². The van der Waals surface area contributed by atoms with Gasteiger partial charge in [-0.2, -0.15) is 0 Å². The summed E-state index contributed by atoms with van der Waals surface area (Å²) >= 11 is 0. The van der Waals surface area contributed by atoms with Gasteiger partial charge in [0, 0.05) is 6.61 Å². The summed E-state index contributed by atoms with van der Waals surface area (Å²) in [6, 6.07) is 0. The van der Waals surface area contributed by atoms with E-state index < -0.39 is 17.5 Å². The van der Waals surface area contributed by atoms with E-state index in [1.54, 1.807) is 47.1 Å². The quantitative estimate of drug-likeness (QED) is 0.557. The molecule has 0 spiro atoms. The number of carbonyl (C=O) groups is 2. The first-order chi connectivity index (χ1) is 8.36. The van der Waals surface area contributed by atoms with Crippen LogP contribution in [-0.4, -0.2) is 85.5 Å². The Morgan fingerprint density at radius 1 is 1.26 bits per heavy atom. The second-order valence-corrected chi connectivity index (χ2v) is 5.77. The van der Waals surface area contributed by atoms with Crippen LogP contribution in [0.1, 0.15) is 13.3 Å². The van der Waals surface area contributed by atoms with Gasteiger partial charge in [-0.15, -0.1) is 0 Å². The zero-order valence-corrected chi connectivity index (χ0v) is 12.6. The van der Waals surface area contributed by atoms with Crippen LogP contribution in [0.15, 0.2) is 0 Å². The Morgan fingerprint density at radius 3 is 1.74 bits per heavy atom. The number of hydrogen-bond acceptors (Lipinski definition) is 5. The lowest BCUT2D eigenvalue weighted by molar-refractivity contribution is -0.864.